The van der Waals surface area contributed by atoms with Gasteiger partial charge in [0.1, 0.15) is 0 Å². The first-order valence-corrected chi connectivity index (χ1v) is 8.91. The molecule has 1 aromatic carbocycles. The van der Waals surface area contributed by atoms with Crippen LogP contribution < -0.4 is 10.7 Å². The van der Waals surface area contributed by atoms with E-state index in [2.05, 4.69) is 11.9 Å². The molecule has 0 unspecified atom stereocenters. The van der Waals surface area contributed by atoms with E-state index in [4.69, 9.17) is 4.42 Å². The number of nitrogens with one attached hydrogen (secondary N) is 2. The number of benzene rings is 1. The lowest BCUT2D eigenvalue weighted by Gasteiger charge is -2.31. The first-order valence-electron chi connectivity index (χ1n) is 7.47. The van der Waals surface area contributed by atoms with Crippen molar-refractivity contribution in [3.05, 3.63) is 28.7 Å². The second-order valence-electron chi connectivity index (χ2n) is 5.58. The molecule has 0 spiro atoms. The molecule has 0 aliphatic carbocycles. The highest BCUT2D eigenvalue weighted by Crippen LogP contribution is 2.20. The molecule has 2 heterocycles. The third-order valence-corrected chi connectivity index (χ3v) is 5.96. The van der Waals surface area contributed by atoms with Crippen molar-refractivity contribution in [3.63, 3.8) is 0 Å². The number of aromatic nitrogens is 1. The number of hydrogen-bond donors (Lipinski definition) is 2. The van der Waals surface area contributed by atoms with Gasteiger partial charge in [0.25, 0.3) is 0 Å². The average Bonchev–Trinajstić information content (AvgIpc) is 2.87. The summed E-state index contributed by atoms with van der Waals surface area (Å²) in [5, 5.41) is 0. The average molecular weight is 326 g/mol. The highest BCUT2D eigenvalue weighted by molar-refractivity contribution is 7.89. The quantitative estimate of drug-likeness (QED) is 0.787. The molecule has 1 saturated heterocycles. The molecule has 0 bridgehead atoms. The van der Waals surface area contributed by atoms with Gasteiger partial charge in [0.05, 0.1) is 43.1 Å². The number of hydrogen-bond acceptors (Lipinski definition) is 4. The largest absolute Gasteiger partial charge is 0.417 e. The maximum atomic E-state index is 12.7. The number of H-pyrrole nitrogens is 1. The van der Waals surface area contributed by atoms with Gasteiger partial charge in [0.15, 0.2) is 5.58 Å². The van der Waals surface area contributed by atoms with E-state index in [9.17, 15) is 13.2 Å². The summed E-state index contributed by atoms with van der Waals surface area (Å²) in [6.07, 6.45) is 1.10. The summed E-state index contributed by atoms with van der Waals surface area (Å²) >= 11 is 0. The molecule has 0 radical (unpaired) electrons. The van der Waals surface area contributed by atoms with E-state index in [-0.39, 0.29) is 10.5 Å². The van der Waals surface area contributed by atoms with Gasteiger partial charge in [-0.05, 0) is 18.6 Å². The lowest BCUT2D eigenvalue weighted by atomic mass is 10.3. The summed E-state index contributed by atoms with van der Waals surface area (Å²) in [7, 11) is -3.54. The molecule has 1 aliphatic rings. The van der Waals surface area contributed by atoms with Crippen molar-refractivity contribution in [1.82, 2.24) is 9.29 Å². The summed E-state index contributed by atoms with van der Waals surface area (Å²) in [6, 6.07) is 4.48. The van der Waals surface area contributed by atoms with E-state index < -0.39 is 15.8 Å². The Morgan fingerprint density at radius 1 is 1.32 bits per heavy atom. The zero-order chi connectivity index (χ0) is 15.7. The van der Waals surface area contributed by atoms with Crippen LogP contribution in [0.3, 0.4) is 0 Å². The number of sulfonamides is 1. The fraction of sp³-hybridized carbons (Fsp3) is 0.500. The summed E-state index contributed by atoms with van der Waals surface area (Å²) in [6.45, 7) is 5.91. The third-order valence-electron chi connectivity index (χ3n) is 4.06. The van der Waals surface area contributed by atoms with Crippen LogP contribution in [0.25, 0.3) is 11.1 Å². The molecule has 0 amide bonds. The van der Waals surface area contributed by atoms with E-state index >= 15 is 0 Å². The number of oxazole rings is 1. The summed E-state index contributed by atoms with van der Waals surface area (Å²) in [5.74, 6) is -0.582. The van der Waals surface area contributed by atoms with Crippen LogP contribution in [0.1, 0.15) is 13.3 Å². The fourth-order valence-corrected chi connectivity index (χ4v) is 4.34. The topological polar surface area (TPSA) is 87.8 Å². The second-order valence-corrected chi connectivity index (χ2v) is 7.51. The SMILES string of the molecule is CCC[NH+]1CCN(S(=O)(=O)c2ccc3[nH]c(=O)oc3c2)CC1. The van der Waals surface area contributed by atoms with Crippen molar-refractivity contribution >= 4 is 21.1 Å². The molecule has 0 saturated carbocycles. The Bertz CT molecular complexity index is 816. The number of piperazine rings is 1. The lowest BCUT2D eigenvalue weighted by Crippen LogP contribution is -3.14. The Kier molecular flexibility index (Phi) is 4.07. The van der Waals surface area contributed by atoms with Gasteiger partial charge in [-0.2, -0.15) is 4.31 Å². The van der Waals surface area contributed by atoms with Gasteiger partial charge < -0.3 is 9.32 Å². The zero-order valence-electron chi connectivity index (χ0n) is 12.5. The van der Waals surface area contributed by atoms with Crippen LogP contribution in [-0.4, -0.2) is 50.4 Å². The van der Waals surface area contributed by atoms with Gasteiger partial charge in [-0.1, -0.05) is 6.92 Å². The van der Waals surface area contributed by atoms with Gasteiger partial charge in [-0.3, -0.25) is 4.98 Å². The van der Waals surface area contributed by atoms with E-state index in [0.29, 0.717) is 18.6 Å². The smallest absolute Gasteiger partial charge is 0.408 e. The molecule has 2 N–H and O–H groups in total. The Balaban J connectivity index is 1.84. The van der Waals surface area contributed by atoms with E-state index in [1.54, 1.807) is 6.07 Å². The molecule has 2 aromatic rings. The van der Waals surface area contributed by atoms with Crippen molar-refractivity contribution < 1.29 is 17.7 Å². The van der Waals surface area contributed by atoms with Crippen molar-refractivity contribution in [2.75, 3.05) is 32.7 Å². The predicted molar refractivity (Wildman–Crippen MR) is 81.4 cm³/mol. The van der Waals surface area contributed by atoms with Crippen LogP contribution in [-0.2, 0) is 10.0 Å². The number of quaternary nitrogens is 1. The normalized spacial score (nSPS) is 18.0. The molecule has 120 valence electrons. The molecule has 1 aliphatic heterocycles. The molecule has 8 heteroatoms. The number of nitrogens with zero attached hydrogens (tertiary/aromatic N) is 1. The van der Waals surface area contributed by atoms with Crippen molar-refractivity contribution in [2.45, 2.75) is 18.2 Å². The maximum absolute atomic E-state index is 12.7. The Morgan fingerprint density at radius 2 is 2.05 bits per heavy atom. The Hall–Kier alpha value is -1.64. The van der Waals surface area contributed by atoms with Crippen LogP contribution >= 0.6 is 0 Å². The third kappa shape index (κ3) is 2.81. The summed E-state index contributed by atoms with van der Waals surface area (Å²) < 4.78 is 31.8. The van der Waals surface area contributed by atoms with Crippen LogP contribution in [0, 0.1) is 0 Å². The van der Waals surface area contributed by atoms with Crippen LogP contribution in [0.4, 0.5) is 0 Å². The lowest BCUT2D eigenvalue weighted by molar-refractivity contribution is -0.903. The maximum Gasteiger partial charge on any atom is 0.417 e. The highest BCUT2D eigenvalue weighted by Gasteiger charge is 2.30. The number of fused-ring (bicyclic) bond motifs is 1. The van der Waals surface area contributed by atoms with Crippen molar-refractivity contribution in [2.24, 2.45) is 0 Å². The summed E-state index contributed by atoms with van der Waals surface area (Å²) in [4.78, 5) is 15.3. The first-order chi connectivity index (χ1) is 10.5. The minimum atomic E-state index is -3.54. The van der Waals surface area contributed by atoms with Crippen LogP contribution in [0.2, 0.25) is 0 Å². The van der Waals surface area contributed by atoms with E-state index in [1.165, 1.54) is 21.3 Å². The van der Waals surface area contributed by atoms with Gasteiger partial charge in [0.2, 0.25) is 10.0 Å². The van der Waals surface area contributed by atoms with E-state index in [1.807, 2.05) is 0 Å². The molecular formula is C14H20N3O4S+. The van der Waals surface area contributed by atoms with Gasteiger partial charge in [0, 0.05) is 6.07 Å². The van der Waals surface area contributed by atoms with Gasteiger partial charge in [-0.25, -0.2) is 13.2 Å². The minimum Gasteiger partial charge on any atom is -0.408 e. The zero-order valence-corrected chi connectivity index (χ0v) is 13.3. The van der Waals surface area contributed by atoms with Gasteiger partial charge >= 0.3 is 5.76 Å². The fourth-order valence-electron chi connectivity index (χ4n) is 2.88. The molecule has 0 atom stereocenters. The van der Waals surface area contributed by atoms with Gasteiger partial charge in [-0.15, -0.1) is 0 Å². The molecule has 22 heavy (non-hydrogen) atoms. The van der Waals surface area contributed by atoms with Crippen molar-refractivity contribution in [3.8, 4) is 0 Å². The molecule has 1 fully saturated rings. The second kappa shape index (κ2) is 5.86. The van der Waals surface area contributed by atoms with Crippen LogP contribution in [0.5, 0.6) is 0 Å². The molecule has 1 aromatic heterocycles. The molecule has 7 nitrogen and oxygen atoms in total. The van der Waals surface area contributed by atoms with Crippen LogP contribution in [0.15, 0.2) is 32.3 Å². The number of rotatable bonds is 4. The predicted octanol–water partition coefficient (Wildman–Crippen LogP) is -0.580. The molecule has 3 rings (SSSR count). The molecular weight excluding hydrogens is 306 g/mol. The summed E-state index contributed by atoms with van der Waals surface area (Å²) in [5.41, 5.74) is 0.766. The first kappa shape index (κ1) is 15.3. The minimum absolute atomic E-state index is 0.168. The Morgan fingerprint density at radius 3 is 2.73 bits per heavy atom. The van der Waals surface area contributed by atoms with Crippen molar-refractivity contribution in [1.29, 1.82) is 0 Å². The van der Waals surface area contributed by atoms with E-state index in [0.717, 1.165) is 26.1 Å². The standard InChI is InChI=1S/C14H19N3O4S/c1-2-5-16-6-8-17(9-7-16)22(19,20)11-3-4-12-13(10-11)21-14(18)15-12/h3-4,10H,2,5-9H2,1H3,(H,15,18)/p+1. The highest BCUT2D eigenvalue weighted by atomic mass is 32.2. The monoisotopic (exact) mass is 326 g/mol. The number of aromatic amines is 1. The Labute approximate surface area is 128 Å².